The fourth-order valence-corrected chi connectivity index (χ4v) is 2.00. The summed E-state index contributed by atoms with van der Waals surface area (Å²) in [6.07, 6.45) is 3.31. The SMILES string of the molecule is CC(C)N(c1ncncc1Br)C(C)CN. The smallest absolute Gasteiger partial charge is 0.146 e. The van der Waals surface area contributed by atoms with E-state index in [-0.39, 0.29) is 6.04 Å². The predicted octanol–water partition coefficient (Wildman–Crippen LogP) is 1.80. The summed E-state index contributed by atoms with van der Waals surface area (Å²) in [7, 11) is 0. The Hall–Kier alpha value is -0.680. The van der Waals surface area contributed by atoms with Crippen LogP contribution < -0.4 is 10.6 Å². The Balaban J connectivity index is 3.04. The Labute approximate surface area is 99.0 Å². The van der Waals surface area contributed by atoms with Crippen LogP contribution in [0.2, 0.25) is 0 Å². The van der Waals surface area contributed by atoms with Crippen molar-refractivity contribution in [3.05, 3.63) is 17.0 Å². The van der Waals surface area contributed by atoms with Crippen molar-refractivity contribution in [2.45, 2.75) is 32.9 Å². The number of aromatic nitrogens is 2. The van der Waals surface area contributed by atoms with E-state index in [1.165, 1.54) is 0 Å². The normalized spacial score (nSPS) is 12.9. The predicted molar refractivity (Wildman–Crippen MR) is 65.9 cm³/mol. The highest BCUT2D eigenvalue weighted by atomic mass is 79.9. The van der Waals surface area contributed by atoms with E-state index in [0.29, 0.717) is 12.6 Å². The highest BCUT2D eigenvalue weighted by Crippen LogP contribution is 2.25. The number of hydrogen-bond acceptors (Lipinski definition) is 4. The highest BCUT2D eigenvalue weighted by Gasteiger charge is 2.19. The minimum Gasteiger partial charge on any atom is -0.349 e. The Kier molecular flexibility index (Phi) is 4.47. The summed E-state index contributed by atoms with van der Waals surface area (Å²) < 4.78 is 0.902. The topological polar surface area (TPSA) is 55.0 Å². The molecule has 2 N–H and O–H groups in total. The molecule has 1 atom stereocenters. The Morgan fingerprint density at radius 2 is 2.13 bits per heavy atom. The molecule has 0 aliphatic heterocycles. The van der Waals surface area contributed by atoms with E-state index in [9.17, 15) is 0 Å². The van der Waals surface area contributed by atoms with Crippen molar-refractivity contribution in [2.24, 2.45) is 5.73 Å². The molecule has 1 unspecified atom stereocenters. The van der Waals surface area contributed by atoms with E-state index in [4.69, 9.17) is 5.73 Å². The van der Waals surface area contributed by atoms with Crippen LogP contribution in [-0.4, -0.2) is 28.6 Å². The number of nitrogens with zero attached hydrogens (tertiary/aromatic N) is 3. The van der Waals surface area contributed by atoms with Crippen molar-refractivity contribution in [3.8, 4) is 0 Å². The van der Waals surface area contributed by atoms with Gasteiger partial charge in [-0.1, -0.05) is 0 Å². The van der Waals surface area contributed by atoms with Crippen LogP contribution in [-0.2, 0) is 0 Å². The summed E-state index contributed by atoms with van der Waals surface area (Å²) >= 11 is 3.46. The largest absolute Gasteiger partial charge is 0.349 e. The Morgan fingerprint density at radius 3 is 2.60 bits per heavy atom. The number of hydrogen-bond donors (Lipinski definition) is 1. The zero-order valence-electron chi connectivity index (χ0n) is 9.31. The number of rotatable bonds is 4. The Bertz CT molecular complexity index is 316. The van der Waals surface area contributed by atoms with Crippen molar-refractivity contribution < 1.29 is 0 Å². The second-order valence-corrected chi connectivity index (χ2v) is 4.63. The molecular weight excluding hydrogens is 256 g/mol. The third-order valence-corrected chi connectivity index (χ3v) is 2.82. The number of nitrogens with two attached hydrogens (primary N) is 1. The van der Waals surface area contributed by atoms with Crippen molar-refractivity contribution in [1.29, 1.82) is 0 Å². The molecule has 0 amide bonds. The standard InChI is InChI=1S/C10H17BrN4/c1-7(2)15(8(3)4-12)10-9(11)5-13-6-14-10/h5-8H,4,12H2,1-3H3. The first-order valence-electron chi connectivity index (χ1n) is 5.01. The zero-order valence-corrected chi connectivity index (χ0v) is 10.9. The molecule has 0 saturated heterocycles. The molecule has 1 heterocycles. The summed E-state index contributed by atoms with van der Waals surface area (Å²) in [6.45, 7) is 6.95. The molecule has 0 bridgehead atoms. The van der Waals surface area contributed by atoms with Gasteiger partial charge in [0.05, 0.1) is 4.47 Å². The van der Waals surface area contributed by atoms with Crippen molar-refractivity contribution in [2.75, 3.05) is 11.4 Å². The van der Waals surface area contributed by atoms with Crippen LogP contribution >= 0.6 is 15.9 Å². The molecule has 0 aliphatic rings. The van der Waals surface area contributed by atoms with Crippen LogP contribution in [0.25, 0.3) is 0 Å². The van der Waals surface area contributed by atoms with Gasteiger partial charge in [-0.3, -0.25) is 0 Å². The maximum Gasteiger partial charge on any atom is 0.146 e. The zero-order chi connectivity index (χ0) is 11.4. The lowest BCUT2D eigenvalue weighted by molar-refractivity contribution is 0.572. The third kappa shape index (κ3) is 2.89. The van der Waals surface area contributed by atoms with E-state index in [1.54, 1.807) is 12.5 Å². The molecule has 0 radical (unpaired) electrons. The molecule has 15 heavy (non-hydrogen) atoms. The van der Waals surface area contributed by atoms with Gasteiger partial charge in [0, 0.05) is 24.8 Å². The average Bonchev–Trinajstić information content (AvgIpc) is 2.20. The molecule has 0 aliphatic carbocycles. The van der Waals surface area contributed by atoms with Gasteiger partial charge in [0.1, 0.15) is 12.1 Å². The maximum atomic E-state index is 5.70. The first-order chi connectivity index (χ1) is 7.07. The van der Waals surface area contributed by atoms with Crippen molar-refractivity contribution in [1.82, 2.24) is 9.97 Å². The lowest BCUT2D eigenvalue weighted by Crippen LogP contribution is -2.43. The molecule has 4 nitrogen and oxygen atoms in total. The first-order valence-corrected chi connectivity index (χ1v) is 5.81. The van der Waals surface area contributed by atoms with Gasteiger partial charge >= 0.3 is 0 Å². The van der Waals surface area contributed by atoms with E-state index >= 15 is 0 Å². The monoisotopic (exact) mass is 272 g/mol. The number of halogens is 1. The van der Waals surface area contributed by atoms with Gasteiger partial charge in [-0.15, -0.1) is 0 Å². The molecule has 0 fully saturated rings. The maximum absolute atomic E-state index is 5.70. The van der Waals surface area contributed by atoms with Gasteiger partial charge in [-0.05, 0) is 36.7 Å². The molecule has 0 aromatic carbocycles. The van der Waals surface area contributed by atoms with Gasteiger partial charge < -0.3 is 10.6 Å². The van der Waals surface area contributed by atoms with Crippen molar-refractivity contribution >= 4 is 21.7 Å². The average molecular weight is 273 g/mol. The van der Waals surface area contributed by atoms with Gasteiger partial charge in [-0.25, -0.2) is 9.97 Å². The van der Waals surface area contributed by atoms with E-state index < -0.39 is 0 Å². The highest BCUT2D eigenvalue weighted by molar-refractivity contribution is 9.10. The summed E-state index contributed by atoms with van der Waals surface area (Å²) in [4.78, 5) is 10.4. The summed E-state index contributed by atoms with van der Waals surface area (Å²) in [5.74, 6) is 0.901. The van der Waals surface area contributed by atoms with Gasteiger partial charge in [-0.2, -0.15) is 0 Å². The summed E-state index contributed by atoms with van der Waals surface area (Å²) in [5, 5.41) is 0. The first kappa shape index (κ1) is 12.4. The molecule has 0 saturated carbocycles. The fraction of sp³-hybridized carbons (Fsp3) is 0.600. The lowest BCUT2D eigenvalue weighted by atomic mass is 10.2. The quantitative estimate of drug-likeness (QED) is 0.908. The number of anilines is 1. The molecule has 0 spiro atoms. The fourth-order valence-electron chi connectivity index (χ4n) is 1.57. The summed E-state index contributed by atoms with van der Waals surface area (Å²) in [6, 6.07) is 0.617. The summed E-state index contributed by atoms with van der Waals surface area (Å²) in [5.41, 5.74) is 5.70. The molecule has 84 valence electrons. The van der Waals surface area contributed by atoms with Crippen LogP contribution in [0.5, 0.6) is 0 Å². The third-order valence-electron chi connectivity index (χ3n) is 2.27. The Morgan fingerprint density at radius 1 is 1.47 bits per heavy atom. The van der Waals surface area contributed by atoms with Crippen LogP contribution in [0.15, 0.2) is 17.0 Å². The lowest BCUT2D eigenvalue weighted by Gasteiger charge is -2.33. The van der Waals surface area contributed by atoms with E-state index in [1.807, 2.05) is 0 Å². The minimum absolute atomic E-state index is 0.260. The van der Waals surface area contributed by atoms with E-state index in [2.05, 4.69) is 51.6 Å². The van der Waals surface area contributed by atoms with Crippen LogP contribution in [0.1, 0.15) is 20.8 Å². The molecule has 5 heteroatoms. The van der Waals surface area contributed by atoms with Crippen LogP contribution in [0, 0.1) is 0 Å². The molecule has 1 rings (SSSR count). The van der Waals surface area contributed by atoms with Crippen LogP contribution in [0.3, 0.4) is 0 Å². The minimum atomic E-state index is 0.260. The second kappa shape index (κ2) is 5.42. The van der Waals surface area contributed by atoms with E-state index in [0.717, 1.165) is 10.3 Å². The second-order valence-electron chi connectivity index (χ2n) is 3.78. The van der Waals surface area contributed by atoms with Crippen molar-refractivity contribution in [3.63, 3.8) is 0 Å². The van der Waals surface area contributed by atoms with Gasteiger partial charge in [0.25, 0.3) is 0 Å². The van der Waals surface area contributed by atoms with Crippen LogP contribution in [0.4, 0.5) is 5.82 Å². The van der Waals surface area contributed by atoms with Gasteiger partial charge in [0.2, 0.25) is 0 Å². The molecule has 1 aromatic heterocycles. The molecular formula is C10H17BrN4. The molecule has 1 aromatic rings. The van der Waals surface area contributed by atoms with Gasteiger partial charge in [0.15, 0.2) is 0 Å².